The van der Waals surface area contributed by atoms with Crippen molar-refractivity contribution in [2.75, 3.05) is 43.5 Å². The molecule has 0 amide bonds. The molecule has 0 atom stereocenters. The number of nitrogens with zero attached hydrogens (tertiary/aromatic N) is 4. The molecular weight excluding hydrogens is 222 g/mol. The Kier molecular flexibility index (Phi) is 3.92. The van der Waals surface area contributed by atoms with Gasteiger partial charge < -0.3 is 20.1 Å². The van der Waals surface area contributed by atoms with E-state index in [0.717, 1.165) is 26.1 Å². The van der Waals surface area contributed by atoms with E-state index in [9.17, 15) is 0 Å². The fourth-order valence-electron chi connectivity index (χ4n) is 1.64. The number of hydrogen-bond acceptors (Lipinski definition) is 7. The molecule has 94 valence electrons. The zero-order valence-corrected chi connectivity index (χ0v) is 9.93. The highest BCUT2D eigenvalue weighted by Crippen LogP contribution is 2.14. The molecule has 7 nitrogen and oxygen atoms in total. The number of nitrogens with two attached hydrogens (primary N) is 1. The lowest BCUT2D eigenvalue weighted by atomic mass is 10.4. The highest BCUT2D eigenvalue weighted by molar-refractivity contribution is 5.36. The molecule has 1 fully saturated rings. The number of nitrogen functional groups attached to an aromatic ring is 1. The lowest BCUT2D eigenvalue weighted by molar-refractivity contribution is 0.152. The Bertz CT molecular complexity index is 366. The minimum atomic E-state index is 0.184. The van der Waals surface area contributed by atoms with E-state index in [2.05, 4.69) is 15.0 Å². The van der Waals surface area contributed by atoms with Crippen LogP contribution in [0, 0.1) is 0 Å². The topological polar surface area (TPSA) is 86.4 Å². The minimum Gasteiger partial charge on any atom is -0.464 e. The van der Waals surface area contributed by atoms with E-state index in [1.807, 2.05) is 11.8 Å². The molecule has 0 bridgehead atoms. The summed E-state index contributed by atoms with van der Waals surface area (Å²) in [7, 11) is 0. The van der Waals surface area contributed by atoms with Gasteiger partial charge in [-0.05, 0) is 13.3 Å². The van der Waals surface area contributed by atoms with Crippen LogP contribution in [-0.4, -0.2) is 47.9 Å². The van der Waals surface area contributed by atoms with Crippen LogP contribution >= 0.6 is 0 Å². The van der Waals surface area contributed by atoms with Gasteiger partial charge in [-0.2, -0.15) is 15.0 Å². The number of hydrogen-bond donors (Lipinski definition) is 1. The third-order valence-electron chi connectivity index (χ3n) is 2.40. The maximum atomic E-state index is 5.64. The van der Waals surface area contributed by atoms with Gasteiger partial charge in [0.2, 0.25) is 11.9 Å². The van der Waals surface area contributed by atoms with Crippen LogP contribution in [0.1, 0.15) is 13.3 Å². The van der Waals surface area contributed by atoms with Crippen LogP contribution in [-0.2, 0) is 4.74 Å². The normalized spacial score (nSPS) is 16.6. The van der Waals surface area contributed by atoms with Crippen molar-refractivity contribution in [3.63, 3.8) is 0 Å². The fraction of sp³-hybridized carbons (Fsp3) is 0.700. The summed E-state index contributed by atoms with van der Waals surface area (Å²) in [5, 5.41) is 0. The summed E-state index contributed by atoms with van der Waals surface area (Å²) in [4.78, 5) is 14.3. The van der Waals surface area contributed by atoms with Gasteiger partial charge in [0.1, 0.15) is 0 Å². The average molecular weight is 239 g/mol. The van der Waals surface area contributed by atoms with Crippen molar-refractivity contribution in [2.45, 2.75) is 13.3 Å². The van der Waals surface area contributed by atoms with Crippen LogP contribution in [0.25, 0.3) is 0 Å². The van der Waals surface area contributed by atoms with E-state index >= 15 is 0 Å². The first-order valence-electron chi connectivity index (χ1n) is 5.76. The van der Waals surface area contributed by atoms with Gasteiger partial charge in [0.05, 0.1) is 13.2 Å². The molecular formula is C10H17N5O2. The number of ether oxygens (including phenoxy) is 2. The SMILES string of the molecule is CCOc1nc(N)nc(N2CCCOCC2)n1. The molecule has 1 aliphatic heterocycles. The van der Waals surface area contributed by atoms with Crippen LogP contribution in [0.2, 0.25) is 0 Å². The predicted molar refractivity (Wildman–Crippen MR) is 63.1 cm³/mol. The van der Waals surface area contributed by atoms with Gasteiger partial charge in [-0.3, -0.25) is 0 Å². The number of aromatic nitrogens is 3. The summed E-state index contributed by atoms with van der Waals surface area (Å²) < 4.78 is 10.6. The van der Waals surface area contributed by atoms with Crippen molar-refractivity contribution in [2.24, 2.45) is 0 Å². The molecule has 1 saturated heterocycles. The lowest BCUT2D eigenvalue weighted by Gasteiger charge is -2.19. The quantitative estimate of drug-likeness (QED) is 0.799. The molecule has 0 radical (unpaired) electrons. The second-order valence-electron chi connectivity index (χ2n) is 3.66. The summed E-state index contributed by atoms with van der Waals surface area (Å²) in [5.41, 5.74) is 5.64. The first-order valence-corrected chi connectivity index (χ1v) is 5.76. The second-order valence-corrected chi connectivity index (χ2v) is 3.66. The van der Waals surface area contributed by atoms with Crippen LogP contribution in [0.3, 0.4) is 0 Å². The minimum absolute atomic E-state index is 0.184. The highest BCUT2D eigenvalue weighted by Gasteiger charge is 2.15. The van der Waals surface area contributed by atoms with Crippen LogP contribution in [0.15, 0.2) is 0 Å². The van der Waals surface area contributed by atoms with Crippen LogP contribution < -0.4 is 15.4 Å². The molecule has 0 aliphatic carbocycles. The van der Waals surface area contributed by atoms with Gasteiger partial charge in [-0.15, -0.1) is 0 Å². The summed E-state index contributed by atoms with van der Waals surface area (Å²) >= 11 is 0. The van der Waals surface area contributed by atoms with Gasteiger partial charge in [-0.25, -0.2) is 0 Å². The molecule has 1 aromatic rings. The van der Waals surface area contributed by atoms with E-state index in [4.69, 9.17) is 15.2 Å². The Morgan fingerprint density at radius 2 is 2.18 bits per heavy atom. The Morgan fingerprint density at radius 3 is 3.00 bits per heavy atom. The number of rotatable bonds is 3. The third-order valence-corrected chi connectivity index (χ3v) is 2.40. The summed E-state index contributed by atoms with van der Waals surface area (Å²) in [6.07, 6.45) is 0.954. The zero-order valence-electron chi connectivity index (χ0n) is 9.93. The van der Waals surface area contributed by atoms with Crippen LogP contribution in [0.4, 0.5) is 11.9 Å². The Morgan fingerprint density at radius 1 is 1.29 bits per heavy atom. The first kappa shape index (κ1) is 11.8. The fourth-order valence-corrected chi connectivity index (χ4v) is 1.64. The smallest absolute Gasteiger partial charge is 0.323 e. The van der Waals surface area contributed by atoms with E-state index in [-0.39, 0.29) is 12.0 Å². The molecule has 0 aromatic carbocycles. The molecule has 2 rings (SSSR count). The maximum absolute atomic E-state index is 5.64. The van der Waals surface area contributed by atoms with E-state index < -0.39 is 0 Å². The predicted octanol–water partition coefficient (Wildman–Crippen LogP) is 0.0792. The third kappa shape index (κ3) is 3.16. The van der Waals surface area contributed by atoms with E-state index in [1.165, 1.54) is 0 Å². The Labute approximate surface area is 100.0 Å². The molecule has 17 heavy (non-hydrogen) atoms. The molecule has 1 aromatic heterocycles. The molecule has 0 unspecified atom stereocenters. The molecule has 7 heteroatoms. The molecule has 2 heterocycles. The maximum Gasteiger partial charge on any atom is 0.323 e. The first-order chi connectivity index (χ1) is 8.29. The van der Waals surface area contributed by atoms with Crippen molar-refractivity contribution in [1.82, 2.24) is 15.0 Å². The largest absolute Gasteiger partial charge is 0.464 e. The standard InChI is InChI=1S/C10H17N5O2/c1-2-17-10-13-8(11)12-9(14-10)15-4-3-6-16-7-5-15/h2-7H2,1H3,(H2,11,12,13,14). The van der Waals surface area contributed by atoms with Gasteiger partial charge in [-0.1, -0.05) is 0 Å². The summed E-state index contributed by atoms with van der Waals surface area (Å²) in [5.74, 6) is 0.745. The highest BCUT2D eigenvalue weighted by atomic mass is 16.5. The van der Waals surface area contributed by atoms with Crippen molar-refractivity contribution in [1.29, 1.82) is 0 Å². The molecule has 0 spiro atoms. The zero-order chi connectivity index (χ0) is 12.1. The molecule has 0 saturated carbocycles. The van der Waals surface area contributed by atoms with Gasteiger partial charge >= 0.3 is 6.01 Å². The van der Waals surface area contributed by atoms with Gasteiger partial charge in [0, 0.05) is 19.7 Å². The second kappa shape index (κ2) is 5.62. The Hall–Kier alpha value is -1.63. The monoisotopic (exact) mass is 239 g/mol. The van der Waals surface area contributed by atoms with Gasteiger partial charge in [0.15, 0.2) is 0 Å². The Balaban J connectivity index is 2.17. The van der Waals surface area contributed by atoms with Crippen molar-refractivity contribution in [3.8, 4) is 6.01 Å². The summed E-state index contributed by atoms with van der Waals surface area (Å²) in [6.45, 7) is 5.44. The number of anilines is 2. The van der Waals surface area contributed by atoms with Crippen molar-refractivity contribution in [3.05, 3.63) is 0 Å². The van der Waals surface area contributed by atoms with Gasteiger partial charge in [0.25, 0.3) is 0 Å². The van der Waals surface area contributed by atoms with E-state index in [1.54, 1.807) is 0 Å². The molecule has 2 N–H and O–H groups in total. The summed E-state index contributed by atoms with van der Waals surface area (Å²) in [6, 6.07) is 0.278. The lowest BCUT2D eigenvalue weighted by Crippen LogP contribution is -2.28. The van der Waals surface area contributed by atoms with Crippen LogP contribution in [0.5, 0.6) is 6.01 Å². The van der Waals surface area contributed by atoms with Crippen molar-refractivity contribution >= 4 is 11.9 Å². The van der Waals surface area contributed by atoms with Crippen molar-refractivity contribution < 1.29 is 9.47 Å². The average Bonchev–Trinajstić information content (AvgIpc) is 2.57. The molecule has 1 aliphatic rings. The van der Waals surface area contributed by atoms with E-state index in [0.29, 0.717) is 19.2 Å².